The third kappa shape index (κ3) is 5.56. The van der Waals surface area contributed by atoms with Gasteiger partial charge >= 0.3 is 0 Å². The molecule has 1 aromatic heterocycles. The van der Waals surface area contributed by atoms with Crippen LogP contribution in [0.25, 0.3) is 21.9 Å². The van der Waals surface area contributed by atoms with E-state index in [0.717, 1.165) is 45.0 Å². The SMILES string of the molecule is c1ccc(N(c2ccccc2)c2cc3c4c(c2)N(c2ccccc2)c2ccccc2B4c2cc4c(cc2S3)Sc2c3c(cc5oc6ccccc6c25)N(c2ccccc2)c2ccccc2B43)cc1. The highest BCUT2D eigenvalue weighted by Gasteiger charge is 2.46. The topological polar surface area (TPSA) is 22.9 Å². The van der Waals surface area contributed by atoms with Crippen LogP contribution in [-0.2, 0) is 0 Å². The van der Waals surface area contributed by atoms with E-state index in [4.69, 9.17) is 4.42 Å². The van der Waals surface area contributed by atoms with E-state index in [-0.39, 0.29) is 13.4 Å². The molecule has 0 N–H and O–H groups in total. The van der Waals surface area contributed by atoms with Gasteiger partial charge in [0.05, 0.1) is 0 Å². The Morgan fingerprint density at radius 1 is 0.368 bits per heavy atom. The smallest absolute Gasteiger partial charge is 0.249 e. The van der Waals surface area contributed by atoms with E-state index in [1.54, 1.807) is 0 Å². The van der Waals surface area contributed by atoms with E-state index in [1.165, 1.54) is 80.5 Å². The van der Waals surface area contributed by atoms with Crippen LogP contribution in [0, 0.1) is 0 Å². The third-order valence-electron chi connectivity index (χ3n) is 14.3. The second-order valence-electron chi connectivity index (χ2n) is 18.0. The van der Waals surface area contributed by atoms with Crippen LogP contribution in [0.15, 0.2) is 248 Å². The highest BCUT2D eigenvalue weighted by molar-refractivity contribution is 8.01. The summed E-state index contributed by atoms with van der Waals surface area (Å²) in [4.78, 5) is 12.5. The minimum Gasteiger partial charge on any atom is -0.456 e. The number of nitrogens with zero attached hydrogens (tertiary/aromatic N) is 3. The summed E-state index contributed by atoms with van der Waals surface area (Å²) < 4.78 is 6.77. The molecule has 11 aromatic rings. The second-order valence-corrected chi connectivity index (χ2v) is 20.1. The number of fused-ring (bicyclic) bond motifs is 12. The molecule has 316 valence electrons. The van der Waals surface area contributed by atoms with E-state index < -0.39 is 0 Å². The van der Waals surface area contributed by atoms with E-state index in [0.29, 0.717) is 0 Å². The Balaban J connectivity index is 0.996. The molecule has 0 atom stereocenters. The van der Waals surface area contributed by atoms with Gasteiger partial charge in [-0.15, -0.1) is 0 Å². The zero-order valence-electron chi connectivity index (χ0n) is 36.6. The zero-order chi connectivity index (χ0) is 44.5. The molecule has 0 unspecified atom stereocenters. The van der Waals surface area contributed by atoms with Crippen molar-refractivity contribution in [3.8, 4) is 0 Å². The van der Waals surface area contributed by atoms with Gasteiger partial charge in [0.1, 0.15) is 11.2 Å². The molecule has 4 aliphatic rings. The fraction of sp³-hybridized carbons (Fsp3) is 0. The second kappa shape index (κ2) is 14.9. The molecule has 4 aliphatic heterocycles. The highest BCUT2D eigenvalue weighted by atomic mass is 32.2. The molecule has 0 aliphatic carbocycles. The number of hydrogen-bond acceptors (Lipinski definition) is 6. The van der Waals surface area contributed by atoms with Gasteiger partial charge in [-0.2, -0.15) is 0 Å². The van der Waals surface area contributed by atoms with E-state index >= 15 is 0 Å². The summed E-state index contributed by atoms with van der Waals surface area (Å²) in [5.41, 5.74) is 20.3. The van der Waals surface area contributed by atoms with E-state index in [2.05, 4.69) is 239 Å². The predicted octanol–water partition coefficient (Wildman–Crippen LogP) is 12.6. The molecule has 0 fully saturated rings. The normalized spacial score (nSPS) is 13.6. The average molecular weight is 902 g/mol. The van der Waals surface area contributed by atoms with Crippen molar-refractivity contribution in [2.24, 2.45) is 0 Å². The first kappa shape index (κ1) is 38.3. The van der Waals surface area contributed by atoms with Crippen molar-refractivity contribution in [3.63, 3.8) is 0 Å². The van der Waals surface area contributed by atoms with Crippen LogP contribution in [0.5, 0.6) is 0 Å². The van der Waals surface area contributed by atoms with Crippen molar-refractivity contribution >= 4 is 143 Å². The quantitative estimate of drug-likeness (QED) is 0.159. The molecule has 0 bridgehead atoms. The molecule has 4 nitrogen and oxygen atoms in total. The fourth-order valence-electron chi connectivity index (χ4n) is 11.6. The molecule has 0 spiro atoms. The summed E-state index contributed by atoms with van der Waals surface area (Å²) in [5.74, 6) is 0. The molecular formula is C60H37B2N3OS2. The lowest BCUT2D eigenvalue weighted by Crippen LogP contribution is -2.63. The first-order valence-electron chi connectivity index (χ1n) is 23.2. The molecule has 8 heteroatoms. The van der Waals surface area contributed by atoms with Crippen LogP contribution >= 0.6 is 23.5 Å². The molecule has 0 saturated carbocycles. The average Bonchev–Trinajstić information content (AvgIpc) is 3.78. The molecule has 15 rings (SSSR count). The van der Waals surface area contributed by atoms with Gasteiger partial charge in [-0.1, -0.05) is 168 Å². The standard InChI is InChI=1S/C60H37B2N3OS2/c1-5-19-38(20-6-1)63(39-21-7-2-8-22-39)42-33-50-58-56(34-42)67-54-37-55-47(35-46(54)61(58)44-28-14-16-30-48(44)64(50)40-23-9-3-10-24-40)62-45-29-15-17-31-49(45)65(41-25-11-4-12-26-41)51-36-53-57(60(68-55)59(51)62)43-27-13-18-32-52(43)66-53/h1-37H. The predicted molar refractivity (Wildman–Crippen MR) is 288 cm³/mol. The van der Waals surface area contributed by atoms with E-state index in [1.807, 2.05) is 23.5 Å². The van der Waals surface area contributed by atoms with Gasteiger partial charge in [0.15, 0.2) is 0 Å². The highest BCUT2D eigenvalue weighted by Crippen LogP contribution is 2.50. The maximum Gasteiger partial charge on any atom is 0.249 e. The van der Waals surface area contributed by atoms with Gasteiger partial charge in [0.25, 0.3) is 0 Å². The lowest BCUT2D eigenvalue weighted by molar-refractivity contribution is 0.668. The van der Waals surface area contributed by atoms with Crippen LogP contribution in [0.3, 0.4) is 0 Å². The first-order chi connectivity index (χ1) is 33.7. The molecule has 68 heavy (non-hydrogen) atoms. The van der Waals surface area contributed by atoms with Crippen LogP contribution in [0.4, 0.5) is 51.2 Å². The summed E-state index contributed by atoms with van der Waals surface area (Å²) in [7, 11) is 0. The number of rotatable bonds is 5. The van der Waals surface area contributed by atoms with Crippen molar-refractivity contribution in [1.82, 2.24) is 0 Å². The van der Waals surface area contributed by atoms with Gasteiger partial charge in [-0.25, -0.2) is 0 Å². The number of para-hydroxylation sites is 7. The van der Waals surface area contributed by atoms with E-state index in [9.17, 15) is 0 Å². The maximum absolute atomic E-state index is 6.77. The van der Waals surface area contributed by atoms with Crippen LogP contribution in [0.2, 0.25) is 0 Å². The number of anilines is 9. The van der Waals surface area contributed by atoms with Gasteiger partial charge in [0.2, 0.25) is 13.4 Å². The van der Waals surface area contributed by atoms with Crippen molar-refractivity contribution in [2.75, 3.05) is 14.7 Å². The lowest BCUT2D eigenvalue weighted by atomic mass is 9.31. The van der Waals surface area contributed by atoms with Crippen LogP contribution in [0.1, 0.15) is 0 Å². The van der Waals surface area contributed by atoms with Gasteiger partial charge in [-0.3, -0.25) is 0 Å². The number of furan rings is 1. The monoisotopic (exact) mass is 901 g/mol. The maximum atomic E-state index is 6.77. The molecule has 5 heterocycles. The molecule has 0 amide bonds. The summed E-state index contributed by atoms with van der Waals surface area (Å²) >= 11 is 3.84. The molecule has 0 saturated heterocycles. The largest absolute Gasteiger partial charge is 0.456 e. The minimum atomic E-state index is 0.00831. The van der Waals surface area contributed by atoms with Gasteiger partial charge < -0.3 is 19.1 Å². The van der Waals surface area contributed by atoms with Crippen LogP contribution < -0.4 is 47.5 Å². The van der Waals surface area contributed by atoms with Crippen molar-refractivity contribution < 1.29 is 4.42 Å². The van der Waals surface area contributed by atoms with Gasteiger partial charge in [0, 0.05) is 87.6 Å². The number of benzene rings is 10. The summed E-state index contributed by atoms with van der Waals surface area (Å²) in [6, 6.07) is 82.4. The molecular weight excluding hydrogens is 864 g/mol. The summed E-state index contributed by atoms with van der Waals surface area (Å²) in [6.07, 6.45) is 0. The lowest BCUT2D eigenvalue weighted by Gasteiger charge is -2.43. The zero-order valence-corrected chi connectivity index (χ0v) is 38.2. The summed E-state index contributed by atoms with van der Waals surface area (Å²) in [5, 5.41) is 2.35. The van der Waals surface area contributed by atoms with Crippen molar-refractivity contribution in [2.45, 2.75) is 19.6 Å². The van der Waals surface area contributed by atoms with Crippen molar-refractivity contribution in [1.29, 1.82) is 0 Å². The Labute approximate surface area is 403 Å². The fourth-order valence-corrected chi connectivity index (χ4v) is 14.2. The summed E-state index contributed by atoms with van der Waals surface area (Å²) in [6.45, 7) is 0.0217. The Bertz CT molecular complexity index is 3810. The van der Waals surface area contributed by atoms with Crippen LogP contribution in [-0.4, -0.2) is 13.4 Å². The Kier molecular flexibility index (Phi) is 8.38. The molecule has 0 radical (unpaired) electrons. The third-order valence-corrected chi connectivity index (χ3v) is 16.6. The Morgan fingerprint density at radius 3 is 1.51 bits per heavy atom. The Hall–Kier alpha value is -7.77. The van der Waals surface area contributed by atoms with Gasteiger partial charge in [-0.05, 0) is 107 Å². The number of hydrogen-bond donors (Lipinski definition) is 0. The van der Waals surface area contributed by atoms with Crippen molar-refractivity contribution in [3.05, 3.63) is 224 Å². The first-order valence-corrected chi connectivity index (χ1v) is 24.9. The molecule has 10 aromatic carbocycles. The Morgan fingerprint density at radius 2 is 0.882 bits per heavy atom. The minimum absolute atomic E-state index is 0.00831.